The molecule has 0 aliphatic carbocycles. The molecule has 30 heavy (non-hydrogen) atoms. The monoisotopic (exact) mass is 398 g/mol. The average molecular weight is 399 g/mol. The van der Waals surface area contributed by atoms with Gasteiger partial charge < -0.3 is 19.9 Å². The van der Waals surface area contributed by atoms with Crippen LogP contribution < -0.4 is 10.1 Å². The number of rotatable bonds is 6. The van der Waals surface area contributed by atoms with Crippen molar-refractivity contribution in [3.05, 3.63) is 54.6 Å². The van der Waals surface area contributed by atoms with E-state index in [0.717, 1.165) is 63.8 Å². The molecule has 5 nitrogen and oxygen atoms in total. The van der Waals surface area contributed by atoms with E-state index < -0.39 is 0 Å². The second kappa shape index (κ2) is 7.50. The molecule has 0 unspecified atom stereocenters. The van der Waals surface area contributed by atoms with Crippen molar-refractivity contribution in [3.63, 3.8) is 0 Å². The number of nitrogens with one attached hydrogen (secondary N) is 2. The molecule has 2 heterocycles. The van der Waals surface area contributed by atoms with Gasteiger partial charge in [0.15, 0.2) is 0 Å². The van der Waals surface area contributed by atoms with Crippen LogP contribution in [0.5, 0.6) is 5.75 Å². The third-order valence-electron chi connectivity index (χ3n) is 5.72. The average Bonchev–Trinajstić information content (AvgIpc) is 3.17. The molecule has 0 atom stereocenters. The Kier molecular flexibility index (Phi) is 4.68. The molecule has 0 aliphatic heterocycles. The van der Waals surface area contributed by atoms with Crippen molar-refractivity contribution in [1.82, 2.24) is 14.9 Å². The third-order valence-corrected chi connectivity index (χ3v) is 5.72. The zero-order valence-electron chi connectivity index (χ0n) is 17.6. The molecule has 5 heteroatoms. The fraction of sp³-hybridized carbons (Fsp3) is 0.240. The van der Waals surface area contributed by atoms with Crippen molar-refractivity contribution < 1.29 is 4.74 Å². The summed E-state index contributed by atoms with van der Waals surface area (Å²) in [4.78, 5) is 10.9. The van der Waals surface area contributed by atoms with Gasteiger partial charge in [0.05, 0.1) is 29.0 Å². The lowest BCUT2D eigenvalue weighted by Crippen LogP contribution is -2.16. The molecule has 5 rings (SSSR count). The van der Waals surface area contributed by atoms with Crippen molar-refractivity contribution in [2.75, 3.05) is 39.6 Å². The van der Waals surface area contributed by atoms with E-state index in [1.165, 1.54) is 10.8 Å². The fourth-order valence-electron chi connectivity index (χ4n) is 4.23. The number of hydrogen-bond acceptors (Lipinski definition) is 4. The van der Waals surface area contributed by atoms with E-state index >= 15 is 0 Å². The molecule has 3 aromatic carbocycles. The first kappa shape index (κ1) is 18.7. The van der Waals surface area contributed by atoms with Crippen LogP contribution in [0.1, 0.15) is 6.42 Å². The van der Waals surface area contributed by atoms with E-state index in [0.29, 0.717) is 0 Å². The topological polar surface area (TPSA) is 53.2 Å². The number of anilines is 1. The number of H-pyrrole nitrogens is 1. The SMILES string of the molecule is COc1ccc2ccc3c([nH]c4c5ccccc5nc(NCCCN(C)C)c34)c2c1. The summed E-state index contributed by atoms with van der Waals surface area (Å²) in [5.74, 6) is 1.80. The van der Waals surface area contributed by atoms with Gasteiger partial charge in [-0.05, 0) is 50.6 Å². The number of ether oxygens (including phenoxy) is 1. The second-order valence-corrected chi connectivity index (χ2v) is 8.01. The van der Waals surface area contributed by atoms with Crippen LogP contribution in [0.2, 0.25) is 0 Å². The van der Waals surface area contributed by atoms with Crippen LogP contribution in [0.3, 0.4) is 0 Å². The smallest absolute Gasteiger partial charge is 0.136 e. The Balaban J connectivity index is 1.76. The van der Waals surface area contributed by atoms with Gasteiger partial charge in [0.1, 0.15) is 11.6 Å². The molecule has 0 bridgehead atoms. The highest BCUT2D eigenvalue weighted by Crippen LogP contribution is 2.38. The van der Waals surface area contributed by atoms with Crippen molar-refractivity contribution in [1.29, 1.82) is 0 Å². The van der Waals surface area contributed by atoms with Gasteiger partial charge in [-0.3, -0.25) is 0 Å². The quantitative estimate of drug-likeness (QED) is 0.376. The predicted molar refractivity (Wildman–Crippen MR) is 127 cm³/mol. The number of hydrogen-bond donors (Lipinski definition) is 2. The highest BCUT2D eigenvalue weighted by atomic mass is 16.5. The molecule has 5 aromatic rings. The Labute approximate surface area is 175 Å². The summed E-state index contributed by atoms with van der Waals surface area (Å²) < 4.78 is 5.48. The zero-order chi connectivity index (χ0) is 20.7. The van der Waals surface area contributed by atoms with E-state index in [1.54, 1.807) is 7.11 Å². The number of aromatic nitrogens is 2. The van der Waals surface area contributed by atoms with E-state index in [9.17, 15) is 0 Å². The molecule has 152 valence electrons. The normalized spacial score (nSPS) is 11.9. The van der Waals surface area contributed by atoms with Gasteiger partial charge in [-0.2, -0.15) is 0 Å². The van der Waals surface area contributed by atoms with E-state index in [-0.39, 0.29) is 0 Å². The van der Waals surface area contributed by atoms with Crippen molar-refractivity contribution >= 4 is 49.3 Å². The molecule has 0 fully saturated rings. The first-order valence-electron chi connectivity index (χ1n) is 10.3. The number of pyridine rings is 1. The summed E-state index contributed by atoms with van der Waals surface area (Å²) in [5, 5.41) is 9.42. The first-order valence-corrected chi connectivity index (χ1v) is 10.3. The number of methoxy groups -OCH3 is 1. The maximum atomic E-state index is 5.48. The van der Waals surface area contributed by atoms with Crippen LogP contribution >= 0.6 is 0 Å². The standard InChI is InChI=1S/C25H26N4O/c1-29(2)14-6-13-26-25-22-19-12-10-16-9-11-17(30-3)15-20(16)23(19)28-24(22)18-7-4-5-8-21(18)27-25/h4-5,7-12,15,28H,6,13-14H2,1-3H3,(H,26,27). The molecule has 0 saturated heterocycles. The van der Waals surface area contributed by atoms with Gasteiger partial charge in [-0.25, -0.2) is 4.98 Å². The number of nitrogens with zero attached hydrogens (tertiary/aromatic N) is 2. The molecule has 0 radical (unpaired) electrons. The highest BCUT2D eigenvalue weighted by Gasteiger charge is 2.16. The van der Waals surface area contributed by atoms with Gasteiger partial charge in [-0.1, -0.05) is 36.4 Å². The maximum Gasteiger partial charge on any atom is 0.136 e. The van der Waals surface area contributed by atoms with Gasteiger partial charge in [0.2, 0.25) is 0 Å². The summed E-state index contributed by atoms with van der Waals surface area (Å²) in [5.41, 5.74) is 3.24. The van der Waals surface area contributed by atoms with Crippen molar-refractivity contribution in [3.8, 4) is 5.75 Å². The Hall–Kier alpha value is -3.31. The summed E-state index contributed by atoms with van der Waals surface area (Å²) >= 11 is 0. The summed E-state index contributed by atoms with van der Waals surface area (Å²) in [6.45, 7) is 1.93. The fourth-order valence-corrected chi connectivity index (χ4v) is 4.23. The molecule has 0 amide bonds. The van der Waals surface area contributed by atoms with Crippen LogP contribution in [0.25, 0.3) is 43.5 Å². The third kappa shape index (κ3) is 3.12. The van der Waals surface area contributed by atoms with Crippen LogP contribution in [-0.4, -0.2) is 49.2 Å². The Morgan fingerprint density at radius 2 is 1.80 bits per heavy atom. The van der Waals surface area contributed by atoms with Gasteiger partial charge in [0.25, 0.3) is 0 Å². The number of aromatic amines is 1. The highest BCUT2D eigenvalue weighted by molar-refractivity contribution is 6.24. The van der Waals surface area contributed by atoms with Crippen LogP contribution in [0, 0.1) is 0 Å². The Bertz CT molecular complexity index is 1370. The lowest BCUT2D eigenvalue weighted by Gasteiger charge is -2.12. The largest absolute Gasteiger partial charge is 0.497 e. The Morgan fingerprint density at radius 1 is 0.967 bits per heavy atom. The molecule has 2 N–H and O–H groups in total. The van der Waals surface area contributed by atoms with E-state index in [4.69, 9.17) is 9.72 Å². The molecule has 0 saturated carbocycles. The van der Waals surface area contributed by atoms with Crippen LogP contribution in [0.15, 0.2) is 54.6 Å². The number of para-hydroxylation sites is 1. The van der Waals surface area contributed by atoms with Crippen LogP contribution in [-0.2, 0) is 0 Å². The minimum atomic E-state index is 0.860. The van der Waals surface area contributed by atoms with Gasteiger partial charge in [0, 0.05) is 22.7 Å². The van der Waals surface area contributed by atoms with Crippen molar-refractivity contribution in [2.45, 2.75) is 6.42 Å². The maximum absolute atomic E-state index is 5.48. The van der Waals surface area contributed by atoms with Crippen LogP contribution in [0.4, 0.5) is 5.82 Å². The number of fused-ring (bicyclic) bond motifs is 7. The number of benzene rings is 3. The van der Waals surface area contributed by atoms with E-state index in [2.05, 4.69) is 71.8 Å². The Morgan fingerprint density at radius 3 is 2.63 bits per heavy atom. The first-order chi connectivity index (χ1) is 14.7. The van der Waals surface area contributed by atoms with Crippen molar-refractivity contribution in [2.24, 2.45) is 0 Å². The molecule has 0 aliphatic rings. The zero-order valence-corrected chi connectivity index (χ0v) is 17.6. The summed E-state index contributed by atoms with van der Waals surface area (Å²) in [7, 11) is 5.91. The molecule has 2 aromatic heterocycles. The summed E-state index contributed by atoms with van der Waals surface area (Å²) in [6.07, 6.45) is 1.06. The van der Waals surface area contributed by atoms with Gasteiger partial charge >= 0.3 is 0 Å². The predicted octanol–water partition coefficient (Wildman–Crippen LogP) is 5.39. The van der Waals surface area contributed by atoms with Gasteiger partial charge in [-0.15, -0.1) is 0 Å². The minimum Gasteiger partial charge on any atom is -0.497 e. The second-order valence-electron chi connectivity index (χ2n) is 8.01. The lowest BCUT2D eigenvalue weighted by molar-refractivity contribution is 0.405. The molecular weight excluding hydrogens is 372 g/mol. The summed E-state index contributed by atoms with van der Waals surface area (Å²) in [6, 6.07) is 18.9. The lowest BCUT2D eigenvalue weighted by atomic mass is 10.0. The van der Waals surface area contributed by atoms with E-state index in [1.807, 2.05) is 12.1 Å². The minimum absolute atomic E-state index is 0.860. The molecular formula is C25H26N4O. The molecule has 0 spiro atoms.